The number of aliphatic hydroxyl groups excluding tert-OH is 1. The summed E-state index contributed by atoms with van der Waals surface area (Å²) in [6.07, 6.45) is 0.518. The SMILES string of the molecule is Cc1ccc(CC(O)Cc2cc(F)cc(Br)c2)cc1C. The molecule has 1 nitrogen and oxygen atoms in total. The standard InChI is InChI=1S/C17H18BrFO/c1-11-3-4-13(5-12(11)2)8-17(20)9-14-6-15(18)10-16(19)7-14/h3-7,10,17,20H,8-9H2,1-2H3. The highest BCUT2D eigenvalue weighted by molar-refractivity contribution is 9.10. The van der Waals surface area contributed by atoms with Crippen molar-refractivity contribution in [2.75, 3.05) is 0 Å². The van der Waals surface area contributed by atoms with Gasteiger partial charge in [0.05, 0.1) is 6.10 Å². The summed E-state index contributed by atoms with van der Waals surface area (Å²) in [6, 6.07) is 10.9. The van der Waals surface area contributed by atoms with Crippen LogP contribution in [0.1, 0.15) is 22.3 Å². The number of hydrogen-bond acceptors (Lipinski definition) is 1. The molecule has 0 aromatic heterocycles. The molecule has 1 atom stereocenters. The van der Waals surface area contributed by atoms with E-state index >= 15 is 0 Å². The van der Waals surface area contributed by atoms with Crippen molar-refractivity contribution < 1.29 is 9.50 Å². The van der Waals surface area contributed by atoms with Crippen molar-refractivity contribution in [1.29, 1.82) is 0 Å². The van der Waals surface area contributed by atoms with Gasteiger partial charge in [0.25, 0.3) is 0 Å². The lowest BCUT2D eigenvalue weighted by atomic mass is 9.98. The Morgan fingerprint density at radius 3 is 2.35 bits per heavy atom. The average molecular weight is 337 g/mol. The van der Waals surface area contributed by atoms with Gasteiger partial charge in [0.15, 0.2) is 0 Å². The van der Waals surface area contributed by atoms with Gasteiger partial charge in [-0.2, -0.15) is 0 Å². The van der Waals surface area contributed by atoms with E-state index in [1.807, 2.05) is 12.1 Å². The van der Waals surface area contributed by atoms with Gasteiger partial charge < -0.3 is 5.11 Å². The lowest BCUT2D eigenvalue weighted by molar-refractivity contribution is 0.175. The van der Waals surface area contributed by atoms with Crippen molar-refractivity contribution in [3.05, 3.63) is 68.9 Å². The van der Waals surface area contributed by atoms with E-state index < -0.39 is 6.10 Å². The Bertz CT molecular complexity index is 590. The Labute approximate surface area is 127 Å². The third-order valence-electron chi connectivity index (χ3n) is 3.44. The molecule has 1 N–H and O–H groups in total. The number of aliphatic hydroxyl groups is 1. The molecule has 2 aromatic carbocycles. The maximum absolute atomic E-state index is 13.3. The Morgan fingerprint density at radius 1 is 1.00 bits per heavy atom. The topological polar surface area (TPSA) is 20.2 Å². The van der Waals surface area contributed by atoms with Gasteiger partial charge in [-0.15, -0.1) is 0 Å². The summed E-state index contributed by atoms with van der Waals surface area (Å²) < 4.78 is 14.0. The van der Waals surface area contributed by atoms with Crippen LogP contribution in [0.2, 0.25) is 0 Å². The number of hydrogen-bond donors (Lipinski definition) is 1. The predicted molar refractivity (Wildman–Crippen MR) is 83.4 cm³/mol. The van der Waals surface area contributed by atoms with E-state index in [0.29, 0.717) is 17.3 Å². The molecule has 2 aromatic rings. The van der Waals surface area contributed by atoms with Gasteiger partial charge in [-0.3, -0.25) is 0 Å². The molecule has 3 heteroatoms. The first-order chi connectivity index (χ1) is 9.44. The molecular weight excluding hydrogens is 319 g/mol. The Kier molecular flexibility index (Phi) is 4.95. The van der Waals surface area contributed by atoms with Crippen LogP contribution in [0, 0.1) is 19.7 Å². The first kappa shape index (κ1) is 15.2. The first-order valence-corrected chi connectivity index (χ1v) is 7.42. The second-order valence-corrected chi connectivity index (χ2v) is 6.17. The van der Waals surface area contributed by atoms with Gasteiger partial charge >= 0.3 is 0 Å². The van der Waals surface area contributed by atoms with Crippen molar-refractivity contribution in [2.45, 2.75) is 32.8 Å². The fourth-order valence-electron chi connectivity index (χ4n) is 2.28. The molecule has 0 fully saturated rings. The minimum atomic E-state index is -0.509. The van der Waals surface area contributed by atoms with E-state index in [0.717, 1.165) is 11.1 Å². The zero-order valence-corrected chi connectivity index (χ0v) is 13.2. The normalized spacial score (nSPS) is 12.4. The van der Waals surface area contributed by atoms with Crippen LogP contribution in [0.25, 0.3) is 0 Å². The Hall–Kier alpha value is -1.19. The molecule has 0 radical (unpaired) electrons. The van der Waals surface area contributed by atoms with Crippen LogP contribution >= 0.6 is 15.9 Å². The zero-order chi connectivity index (χ0) is 14.7. The van der Waals surface area contributed by atoms with E-state index in [2.05, 4.69) is 41.9 Å². The highest BCUT2D eigenvalue weighted by atomic mass is 79.9. The molecule has 0 aliphatic carbocycles. The molecule has 0 saturated carbocycles. The van der Waals surface area contributed by atoms with Gasteiger partial charge in [0, 0.05) is 4.47 Å². The van der Waals surface area contributed by atoms with Gasteiger partial charge in [-0.25, -0.2) is 4.39 Å². The lowest BCUT2D eigenvalue weighted by Gasteiger charge is -2.12. The third-order valence-corrected chi connectivity index (χ3v) is 3.89. The van der Waals surface area contributed by atoms with Gasteiger partial charge in [0.2, 0.25) is 0 Å². The highest BCUT2D eigenvalue weighted by Gasteiger charge is 2.09. The van der Waals surface area contributed by atoms with E-state index in [1.54, 1.807) is 0 Å². The number of halogens is 2. The Balaban J connectivity index is 2.04. The first-order valence-electron chi connectivity index (χ1n) is 6.63. The molecule has 0 aliphatic heterocycles. The van der Waals surface area contributed by atoms with Crippen molar-refractivity contribution >= 4 is 15.9 Å². The molecule has 0 bridgehead atoms. The van der Waals surface area contributed by atoms with Crippen LogP contribution in [0.4, 0.5) is 4.39 Å². The quantitative estimate of drug-likeness (QED) is 0.879. The molecule has 2 rings (SSSR count). The zero-order valence-electron chi connectivity index (χ0n) is 11.7. The van der Waals surface area contributed by atoms with E-state index in [4.69, 9.17) is 0 Å². The summed E-state index contributed by atoms with van der Waals surface area (Å²) >= 11 is 3.27. The molecule has 0 amide bonds. The van der Waals surface area contributed by atoms with Crippen LogP contribution in [0.15, 0.2) is 40.9 Å². The minimum Gasteiger partial charge on any atom is -0.392 e. The van der Waals surface area contributed by atoms with E-state index in [-0.39, 0.29) is 5.82 Å². The molecule has 0 aliphatic rings. The number of aryl methyl sites for hydroxylation is 2. The fraction of sp³-hybridized carbons (Fsp3) is 0.294. The van der Waals surface area contributed by atoms with Gasteiger partial charge in [-0.1, -0.05) is 34.1 Å². The molecule has 106 valence electrons. The van der Waals surface area contributed by atoms with Crippen LogP contribution in [-0.4, -0.2) is 11.2 Å². The number of benzene rings is 2. The summed E-state index contributed by atoms with van der Waals surface area (Å²) in [5, 5.41) is 10.2. The monoisotopic (exact) mass is 336 g/mol. The second kappa shape index (κ2) is 6.51. The van der Waals surface area contributed by atoms with Crippen molar-refractivity contribution in [1.82, 2.24) is 0 Å². The molecule has 1 unspecified atom stereocenters. The highest BCUT2D eigenvalue weighted by Crippen LogP contribution is 2.18. The number of rotatable bonds is 4. The van der Waals surface area contributed by atoms with Crippen LogP contribution in [0.5, 0.6) is 0 Å². The van der Waals surface area contributed by atoms with Crippen LogP contribution < -0.4 is 0 Å². The van der Waals surface area contributed by atoms with Crippen LogP contribution in [0.3, 0.4) is 0 Å². The Morgan fingerprint density at radius 2 is 1.70 bits per heavy atom. The molecule has 0 spiro atoms. The molecule has 0 heterocycles. The summed E-state index contributed by atoms with van der Waals surface area (Å²) in [5.41, 5.74) is 4.38. The maximum atomic E-state index is 13.3. The molecule has 0 saturated heterocycles. The largest absolute Gasteiger partial charge is 0.392 e. The van der Waals surface area contributed by atoms with E-state index in [9.17, 15) is 9.50 Å². The third kappa shape index (κ3) is 4.15. The van der Waals surface area contributed by atoms with Gasteiger partial charge in [0.1, 0.15) is 5.82 Å². The average Bonchev–Trinajstić information content (AvgIpc) is 2.32. The molecular formula is C17H18BrFO. The predicted octanol–water partition coefficient (Wildman–Crippen LogP) is 4.35. The van der Waals surface area contributed by atoms with Crippen LogP contribution in [-0.2, 0) is 12.8 Å². The smallest absolute Gasteiger partial charge is 0.124 e. The minimum absolute atomic E-state index is 0.284. The lowest BCUT2D eigenvalue weighted by Crippen LogP contribution is -2.14. The fourth-order valence-corrected chi connectivity index (χ4v) is 2.79. The van der Waals surface area contributed by atoms with Crippen molar-refractivity contribution in [3.8, 4) is 0 Å². The van der Waals surface area contributed by atoms with Crippen molar-refractivity contribution in [2.24, 2.45) is 0 Å². The molecule has 20 heavy (non-hydrogen) atoms. The van der Waals surface area contributed by atoms with Gasteiger partial charge in [-0.05, 0) is 67.1 Å². The summed E-state index contributed by atoms with van der Waals surface area (Å²) in [6.45, 7) is 4.13. The summed E-state index contributed by atoms with van der Waals surface area (Å²) in [4.78, 5) is 0. The summed E-state index contributed by atoms with van der Waals surface area (Å²) in [5.74, 6) is -0.284. The maximum Gasteiger partial charge on any atom is 0.124 e. The van der Waals surface area contributed by atoms with Crippen molar-refractivity contribution in [3.63, 3.8) is 0 Å². The summed E-state index contributed by atoms with van der Waals surface area (Å²) in [7, 11) is 0. The van der Waals surface area contributed by atoms with E-state index in [1.165, 1.54) is 23.3 Å². The second-order valence-electron chi connectivity index (χ2n) is 5.26.